The summed E-state index contributed by atoms with van der Waals surface area (Å²) in [6.45, 7) is 5.72. The van der Waals surface area contributed by atoms with E-state index in [1.165, 1.54) is 31.5 Å². The van der Waals surface area contributed by atoms with Gasteiger partial charge in [-0.2, -0.15) is 5.10 Å². The van der Waals surface area contributed by atoms with Crippen molar-refractivity contribution in [3.8, 4) is 0 Å². The first-order valence-corrected chi connectivity index (χ1v) is 6.59. The molecule has 2 aromatic rings. The molecule has 2 aromatic heterocycles. The summed E-state index contributed by atoms with van der Waals surface area (Å²) in [5, 5.41) is 4.35. The third kappa shape index (κ3) is 1.95. The van der Waals surface area contributed by atoms with Crippen molar-refractivity contribution >= 4 is 11.3 Å². The summed E-state index contributed by atoms with van der Waals surface area (Å²) >= 11 is 0. The molecule has 3 rings (SSSR count). The number of hydrogen-bond donors (Lipinski definition) is 1. The Morgan fingerprint density at radius 1 is 1.33 bits per heavy atom. The summed E-state index contributed by atoms with van der Waals surface area (Å²) in [6, 6.07) is 0. The average molecular weight is 245 g/mol. The first kappa shape index (κ1) is 11.5. The zero-order valence-corrected chi connectivity index (χ0v) is 10.7. The predicted molar refractivity (Wildman–Crippen MR) is 71.5 cm³/mol. The van der Waals surface area contributed by atoms with Crippen LogP contribution in [0.4, 0.5) is 5.69 Å². The molecule has 0 atom stereocenters. The number of rotatable bonds is 2. The van der Waals surface area contributed by atoms with Crippen molar-refractivity contribution in [1.29, 1.82) is 0 Å². The molecule has 0 aromatic carbocycles. The number of nitrogen functional groups attached to an aromatic ring is 1. The summed E-state index contributed by atoms with van der Waals surface area (Å²) in [4.78, 5) is 6.91. The van der Waals surface area contributed by atoms with Crippen molar-refractivity contribution in [2.24, 2.45) is 0 Å². The van der Waals surface area contributed by atoms with Gasteiger partial charge in [0.25, 0.3) is 0 Å². The van der Waals surface area contributed by atoms with Crippen LogP contribution in [0.5, 0.6) is 0 Å². The van der Waals surface area contributed by atoms with Crippen LogP contribution in [0.1, 0.15) is 31.2 Å². The number of nitrogens with two attached hydrogens (primary N) is 1. The standard InChI is InChI=1S/C13H19N5/c1-2-17-5-3-10(4-6-17)12-8-16-18-9-11(14)7-15-13(12)18/h7-10H,2-6,14H2,1H3. The van der Waals surface area contributed by atoms with Crippen molar-refractivity contribution in [2.75, 3.05) is 25.4 Å². The Morgan fingerprint density at radius 2 is 2.11 bits per heavy atom. The van der Waals surface area contributed by atoms with E-state index in [0.717, 1.165) is 12.2 Å². The van der Waals surface area contributed by atoms with Gasteiger partial charge in [-0.3, -0.25) is 0 Å². The van der Waals surface area contributed by atoms with Crippen LogP contribution >= 0.6 is 0 Å². The Morgan fingerprint density at radius 3 is 2.83 bits per heavy atom. The van der Waals surface area contributed by atoms with Crippen LogP contribution in [0.2, 0.25) is 0 Å². The quantitative estimate of drug-likeness (QED) is 0.871. The van der Waals surface area contributed by atoms with Crippen molar-refractivity contribution in [3.63, 3.8) is 0 Å². The first-order valence-electron chi connectivity index (χ1n) is 6.59. The van der Waals surface area contributed by atoms with E-state index in [1.54, 1.807) is 10.7 Å². The molecule has 5 nitrogen and oxygen atoms in total. The smallest absolute Gasteiger partial charge is 0.158 e. The minimum absolute atomic E-state index is 0.585. The van der Waals surface area contributed by atoms with E-state index in [-0.39, 0.29) is 0 Å². The summed E-state index contributed by atoms with van der Waals surface area (Å²) in [7, 11) is 0. The zero-order chi connectivity index (χ0) is 12.5. The highest BCUT2D eigenvalue weighted by molar-refractivity contribution is 5.51. The lowest BCUT2D eigenvalue weighted by molar-refractivity contribution is 0.223. The Balaban J connectivity index is 1.87. The van der Waals surface area contributed by atoms with Gasteiger partial charge in [0, 0.05) is 5.56 Å². The van der Waals surface area contributed by atoms with Gasteiger partial charge >= 0.3 is 0 Å². The van der Waals surface area contributed by atoms with Gasteiger partial charge in [-0.25, -0.2) is 9.50 Å². The summed E-state index contributed by atoms with van der Waals surface area (Å²) in [6.07, 6.45) is 7.88. The molecular weight excluding hydrogens is 226 g/mol. The Labute approximate surface area is 107 Å². The van der Waals surface area contributed by atoms with Crippen molar-refractivity contribution in [2.45, 2.75) is 25.7 Å². The molecule has 2 N–H and O–H groups in total. The van der Waals surface area contributed by atoms with Gasteiger partial charge in [-0.15, -0.1) is 0 Å². The third-order valence-corrected chi connectivity index (χ3v) is 3.88. The van der Waals surface area contributed by atoms with Crippen molar-refractivity contribution in [1.82, 2.24) is 19.5 Å². The molecule has 0 saturated carbocycles. The minimum Gasteiger partial charge on any atom is -0.396 e. The number of aromatic nitrogens is 3. The van der Waals surface area contributed by atoms with Crippen LogP contribution in [-0.4, -0.2) is 39.1 Å². The first-order chi connectivity index (χ1) is 8.78. The molecule has 0 spiro atoms. The van der Waals surface area contributed by atoms with E-state index in [4.69, 9.17) is 5.73 Å². The molecule has 1 saturated heterocycles. The number of nitrogens with zero attached hydrogens (tertiary/aromatic N) is 4. The second kappa shape index (κ2) is 4.57. The maximum absolute atomic E-state index is 5.72. The van der Waals surface area contributed by atoms with Crippen LogP contribution in [0.3, 0.4) is 0 Å². The summed E-state index contributed by atoms with van der Waals surface area (Å²) < 4.78 is 1.79. The number of likely N-dealkylation sites (tertiary alicyclic amines) is 1. The fraction of sp³-hybridized carbons (Fsp3) is 0.538. The third-order valence-electron chi connectivity index (χ3n) is 3.88. The van der Waals surface area contributed by atoms with Gasteiger partial charge in [-0.05, 0) is 38.4 Å². The number of hydrogen-bond acceptors (Lipinski definition) is 4. The lowest BCUT2D eigenvalue weighted by Crippen LogP contribution is -2.32. The molecule has 0 aliphatic carbocycles. The highest BCUT2D eigenvalue weighted by Gasteiger charge is 2.22. The van der Waals surface area contributed by atoms with E-state index in [9.17, 15) is 0 Å². The van der Waals surface area contributed by atoms with E-state index in [1.807, 2.05) is 12.4 Å². The lowest BCUT2D eigenvalue weighted by Gasteiger charge is -2.30. The van der Waals surface area contributed by atoms with Gasteiger partial charge < -0.3 is 10.6 Å². The summed E-state index contributed by atoms with van der Waals surface area (Å²) in [5.74, 6) is 0.585. The minimum atomic E-state index is 0.585. The Bertz CT molecular complexity index is 539. The van der Waals surface area contributed by atoms with Gasteiger partial charge in [-0.1, -0.05) is 6.92 Å². The molecule has 3 heterocycles. The summed E-state index contributed by atoms with van der Waals surface area (Å²) in [5.41, 5.74) is 8.60. The van der Waals surface area contributed by atoms with Crippen LogP contribution in [0.15, 0.2) is 18.6 Å². The van der Waals surface area contributed by atoms with Crippen LogP contribution < -0.4 is 5.73 Å². The molecule has 5 heteroatoms. The van der Waals surface area contributed by atoms with E-state index >= 15 is 0 Å². The zero-order valence-electron chi connectivity index (χ0n) is 10.7. The molecule has 18 heavy (non-hydrogen) atoms. The number of anilines is 1. The van der Waals surface area contributed by atoms with Crippen LogP contribution in [-0.2, 0) is 0 Å². The molecule has 0 radical (unpaired) electrons. The monoisotopic (exact) mass is 245 g/mol. The van der Waals surface area contributed by atoms with Crippen LogP contribution in [0, 0.1) is 0 Å². The van der Waals surface area contributed by atoms with E-state index < -0.39 is 0 Å². The maximum atomic E-state index is 5.72. The molecule has 1 fully saturated rings. The molecular formula is C13H19N5. The molecule has 0 bridgehead atoms. The Hall–Kier alpha value is -1.62. The molecule has 1 aliphatic rings. The maximum Gasteiger partial charge on any atom is 0.158 e. The van der Waals surface area contributed by atoms with Crippen molar-refractivity contribution in [3.05, 3.63) is 24.2 Å². The molecule has 96 valence electrons. The average Bonchev–Trinajstić information content (AvgIpc) is 2.81. The fourth-order valence-corrected chi connectivity index (χ4v) is 2.76. The Kier molecular flexibility index (Phi) is 2.91. The molecule has 0 unspecified atom stereocenters. The molecule has 0 amide bonds. The van der Waals surface area contributed by atoms with Crippen LogP contribution in [0.25, 0.3) is 5.65 Å². The van der Waals surface area contributed by atoms with E-state index in [2.05, 4.69) is 21.9 Å². The van der Waals surface area contributed by atoms with Gasteiger partial charge in [0.15, 0.2) is 5.65 Å². The predicted octanol–water partition coefficient (Wildman–Crippen LogP) is 1.51. The SMILES string of the molecule is CCN1CCC(c2cnn3cc(N)cnc23)CC1. The number of fused-ring (bicyclic) bond motifs is 1. The second-order valence-corrected chi connectivity index (χ2v) is 4.96. The van der Waals surface area contributed by atoms with Crippen molar-refractivity contribution < 1.29 is 0 Å². The molecule has 1 aliphatic heterocycles. The normalized spacial score (nSPS) is 18.5. The largest absolute Gasteiger partial charge is 0.396 e. The number of piperidine rings is 1. The fourth-order valence-electron chi connectivity index (χ4n) is 2.76. The van der Waals surface area contributed by atoms with E-state index in [0.29, 0.717) is 11.6 Å². The highest BCUT2D eigenvalue weighted by Crippen LogP contribution is 2.30. The highest BCUT2D eigenvalue weighted by atomic mass is 15.2. The van der Waals surface area contributed by atoms with Gasteiger partial charge in [0.2, 0.25) is 0 Å². The second-order valence-electron chi connectivity index (χ2n) is 4.96. The lowest BCUT2D eigenvalue weighted by atomic mass is 9.91. The topological polar surface area (TPSA) is 59.5 Å². The van der Waals surface area contributed by atoms with Gasteiger partial charge in [0.1, 0.15) is 0 Å². The van der Waals surface area contributed by atoms with Gasteiger partial charge in [0.05, 0.1) is 24.3 Å².